The highest BCUT2D eigenvalue weighted by molar-refractivity contribution is 7.92. The summed E-state index contributed by atoms with van der Waals surface area (Å²) in [6.07, 6.45) is 2.49. The van der Waals surface area contributed by atoms with E-state index < -0.39 is 14.6 Å². The van der Waals surface area contributed by atoms with E-state index in [1.165, 1.54) is 6.26 Å². The zero-order valence-corrected chi connectivity index (χ0v) is 15.6. The number of nitrogens with one attached hydrogen (secondary N) is 1. The zero-order chi connectivity index (χ0) is 16.4. The number of hydrogen-bond donors (Lipinski definition) is 1. The van der Waals surface area contributed by atoms with Gasteiger partial charge in [0, 0.05) is 38.0 Å². The van der Waals surface area contributed by atoms with Crippen molar-refractivity contribution in [2.75, 3.05) is 25.9 Å². The van der Waals surface area contributed by atoms with Crippen LogP contribution in [0.15, 0.2) is 0 Å². The van der Waals surface area contributed by atoms with Crippen LogP contribution in [0, 0.1) is 11.8 Å². The lowest BCUT2D eigenvalue weighted by Gasteiger charge is -2.45. The van der Waals surface area contributed by atoms with Gasteiger partial charge in [-0.25, -0.2) is 8.42 Å². The molecule has 1 heterocycles. The smallest absolute Gasteiger partial charge is 0.153 e. The first-order valence-corrected chi connectivity index (χ1v) is 10.00. The van der Waals surface area contributed by atoms with Gasteiger partial charge in [0.15, 0.2) is 9.84 Å². The molecular formula is C16H34N2O2S. The molecule has 21 heavy (non-hydrogen) atoms. The van der Waals surface area contributed by atoms with Gasteiger partial charge in [-0.05, 0) is 32.1 Å². The summed E-state index contributed by atoms with van der Waals surface area (Å²) in [5, 5.41) is 3.65. The lowest BCUT2D eigenvalue weighted by Crippen LogP contribution is -2.61. The molecule has 1 aliphatic rings. The Labute approximate surface area is 131 Å². The van der Waals surface area contributed by atoms with Crippen LogP contribution in [-0.2, 0) is 9.84 Å². The summed E-state index contributed by atoms with van der Waals surface area (Å²) < 4.78 is 23.3. The summed E-state index contributed by atoms with van der Waals surface area (Å²) in [6.45, 7) is 15.1. The minimum absolute atomic E-state index is 0.412. The predicted molar refractivity (Wildman–Crippen MR) is 90.4 cm³/mol. The van der Waals surface area contributed by atoms with Crippen LogP contribution in [0.25, 0.3) is 0 Å². The van der Waals surface area contributed by atoms with Crippen molar-refractivity contribution in [2.24, 2.45) is 11.8 Å². The third-order valence-electron chi connectivity index (χ3n) is 4.65. The van der Waals surface area contributed by atoms with Crippen molar-refractivity contribution in [3.8, 4) is 0 Å². The van der Waals surface area contributed by atoms with Crippen LogP contribution in [0.4, 0.5) is 0 Å². The highest BCUT2D eigenvalue weighted by Crippen LogP contribution is 2.24. The van der Waals surface area contributed by atoms with Gasteiger partial charge in [0.2, 0.25) is 0 Å². The molecule has 0 saturated carbocycles. The first-order valence-electron chi connectivity index (χ1n) is 8.11. The molecule has 1 rings (SSSR count). The van der Waals surface area contributed by atoms with Crippen molar-refractivity contribution in [1.29, 1.82) is 0 Å². The van der Waals surface area contributed by atoms with Crippen molar-refractivity contribution < 1.29 is 8.42 Å². The Morgan fingerprint density at radius 1 is 1.24 bits per heavy atom. The van der Waals surface area contributed by atoms with Gasteiger partial charge in [-0.15, -0.1) is 0 Å². The van der Waals surface area contributed by atoms with Crippen LogP contribution >= 0.6 is 0 Å². The summed E-state index contributed by atoms with van der Waals surface area (Å²) in [4.78, 5) is 2.40. The summed E-state index contributed by atoms with van der Waals surface area (Å²) >= 11 is 0. The van der Waals surface area contributed by atoms with Crippen LogP contribution < -0.4 is 5.32 Å². The number of rotatable bonds is 6. The number of sulfone groups is 1. The number of nitrogens with zero attached hydrogens (tertiary/aromatic N) is 1. The van der Waals surface area contributed by atoms with Crippen LogP contribution in [0.3, 0.4) is 0 Å². The molecule has 0 aromatic carbocycles. The van der Waals surface area contributed by atoms with Crippen molar-refractivity contribution >= 4 is 9.84 Å². The second-order valence-corrected chi connectivity index (χ2v) is 10.7. The third kappa shape index (κ3) is 5.22. The topological polar surface area (TPSA) is 49.4 Å². The fraction of sp³-hybridized carbons (Fsp3) is 1.00. The van der Waals surface area contributed by atoms with E-state index in [4.69, 9.17) is 0 Å². The molecule has 4 nitrogen and oxygen atoms in total. The number of hydrogen-bond acceptors (Lipinski definition) is 4. The van der Waals surface area contributed by atoms with Crippen LogP contribution in [0.2, 0.25) is 0 Å². The van der Waals surface area contributed by atoms with Gasteiger partial charge in [-0.2, -0.15) is 0 Å². The lowest BCUT2D eigenvalue weighted by atomic mass is 9.94. The Morgan fingerprint density at radius 3 is 2.24 bits per heavy atom. The molecule has 2 unspecified atom stereocenters. The van der Waals surface area contributed by atoms with Gasteiger partial charge in [-0.3, -0.25) is 4.90 Å². The molecule has 0 radical (unpaired) electrons. The fourth-order valence-electron chi connectivity index (χ4n) is 3.07. The quantitative estimate of drug-likeness (QED) is 0.815. The summed E-state index contributed by atoms with van der Waals surface area (Å²) in [5.41, 5.74) is 0. The molecule has 2 atom stereocenters. The van der Waals surface area contributed by atoms with Crippen LogP contribution in [0.1, 0.15) is 48.0 Å². The second-order valence-electron chi connectivity index (χ2n) is 8.01. The predicted octanol–water partition coefficient (Wildman–Crippen LogP) is 2.15. The Morgan fingerprint density at radius 2 is 1.81 bits per heavy atom. The van der Waals surface area contributed by atoms with E-state index >= 15 is 0 Å². The maximum atomic E-state index is 12.0. The van der Waals surface area contributed by atoms with E-state index in [0.717, 1.165) is 19.5 Å². The van der Waals surface area contributed by atoms with E-state index in [-0.39, 0.29) is 0 Å². The first-order chi connectivity index (χ1) is 9.44. The molecule has 0 aromatic rings. The van der Waals surface area contributed by atoms with Crippen molar-refractivity contribution in [3.63, 3.8) is 0 Å². The molecule has 0 aliphatic carbocycles. The second kappa shape index (κ2) is 6.97. The molecule has 1 fully saturated rings. The van der Waals surface area contributed by atoms with Gasteiger partial charge in [-0.1, -0.05) is 27.7 Å². The molecule has 0 aromatic heterocycles. The van der Waals surface area contributed by atoms with Gasteiger partial charge < -0.3 is 5.32 Å². The Bertz CT molecular complexity index is 430. The zero-order valence-electron chi connectivity index (χ0n) is 14.8. The maximum absolute atomic E-state index is 12.0. The highest BCUT2D eigenvalue weighted by Gasteiger charge is 2.38. The fourth-order valence-corrected chi connectivity index (χ4v) is 3.47. The van der Waals surface area contributed by atoms with E-state index in [1.807, 2.05) is 13.8 Å². The van der Waals surface area contributed by atoms with E-state index in [2.05, 4.69) is 37.9 Å². The normalized spacial score (nSPS) is 25.8. The molecular weight excluding hydrogens is 284 g/mol. The Balaban J connectivity index is 2.86. The van der Waals surface area contributed by atoms with Gasteiger partial charge >= 0.3 is 0 Å². The van der Waals surface area contributed by atoms with Crippen molar-refractivity contribution in [1.82, 2.24) is 10.2 Å². The lowest BCUT2D eigenvalue weighted by molar-refractivity contribution is 0.0844. The maximum Gasteiger partial charge on any atom is 0.153 e. The van der Waals surface area contributed by atoms with Crippen molar-refractivity contribution in [2.45, 2.75) is 64.8 Å². The summed E-state index contributed by atoms with van der Waals surface area (Å²) in [6, 6.07) is 0.879. The van der Waals surface area contributed by atoms with Crippen LogP contribution in [0.5, 0.6) is 0 Å². The van der Waals surface area contributed by atoms with Gasteiger partial charge in [0.1, 0.15) is 0 Å². The van der Waals surface area contributed by atoms with E-state index in [0.29, 0.717) is 30.5 Å². The Hall–Kier alpha value is -0.130. The van der Waals surface area contributed by atoms with E-state index in [1.54, 1.807) is 0 Å². The molecule has 1 N–H and O–H groups in total. The molecule has 126 valence electrons. The molecule has 1 aliphatic heterocycles. The molecule has 0 spiro atoms. The molecule has 0 bridgehead atoms. The highest BCUT2D eigenvalue weighted by atomic mass is 32.2. The molecule has 1 saturated heterocycles. The van der Waals surface area contributed by atoms with E-state index in [9.17, 15) is 8.42 Å². The average Bonchev–Trinajstić information content (AvgIpc) is 2.25. The summed E-state index contributed by atoms with van der Waals surface area (Å²) in [5.74, 6) is 1.18. The van der Waals surface area contributed by atoms with Gasteiger partial charge in [0.25, 0.3) is 0 Å². The minimum Gasteiger partial charge on any atom is -0.311 e. The summed E-state index contributed by atoms with van der Waals surface area (Å²) in [7, 11) is -3.05. The van der Waals surface area contributed by atoms with Gasteiger partial charge in [0.05, 0.1) is 4.75 Å². The standard InChI is InChI=1S/C16H34N2O2S/c1-12(2)8-14-10-18(15(9-17-14)13(3)4)11-16(5,6)21(7,19)20/h12-15,17H,8-11H2,1-7H3. The molecule has 5 heteroatoms. The van der Waals surface area contributed by atoms with Crippen molar-refractivity contribution in [3.05, 3.63) is 0 Å². The van der Waals surface area contributed by atoms with Crippen LogP contribution in [-0.4, -0.2) is 56.0 Å². The SMILES string of the molecule is CC(C)CC1CN(CC(C)(C)S(C)(=O)=O)C(C(C)C)CN1. The minimum atomic E-state index is -3.05. The molecule has 0 amide bonds. The monoisotopic (exact) mass is 318 g/mol. The largest absolute Gasteiger partial charge is 0.311 e. The third-order valence-corrected chi connectivity index (χ3v) is 6.79. The number of piperazine rings is 1. The first kappa shape index (κ1) is 18.9. The Kier molecular flexibility index (Phi) is 6.28. The average molecular weight is 319 g/mol.